The lowest BCUT2D eigenvalue weighted by Gasteiger charge is -2.08. The molecule has 0 aliphatic heterocycles. The van der Waals surface area contributed by atoms with Gasteiger partial charge in [-0.25, -0.2) is 4.98 Å². The highest BCUT2D eigenvalue weighted by atomic mass is 35.5. The number of ether oxygens (including phenoxy) is 1. The Kier molecular flexibility index (Phi) is 6.75. The summed E-state index contributed by atoms with van der Waals surface area (Å²) in [6.45, 7) is 0.644. The molecule has 1 aromatic heterocycles. The minimum absolute atomic E-state index is 0. The Hall–Kier alpha value is -1.46. The van der Waals surface area contributed by atoms with Crippen LogP contribution in [0.4, 0.5) is 5.13 Å². The smallest absolute Gasteiger partial charge is 0.183 e. The average Bonchev–Trinajstić information content (AvgIpc) is 3.02. The molecule has 0 bridgehead atoms. The zero-order chi connectivity index (χ0) is 16.2. The normalized spacial score (nSPS) is 10.1. The Labute approximate surface area is 161 Å². The first-order valence-electron chi connectivity index (χ1n) is 6.94. The van der Waals surface area contributed by atoms with Crippen LogP contribution in [0.3, 0.4) is 0 Å². The Bertz CT molecular complexity index is 823. The third kappa shape index (κ3) is 4.33. The predicted molar refractivity (Wildman–Crippen MR) is 105 cm³/mol. The van der Waals surface area contributed by atoms with Crippen molar-refractivity contribution in [3.8, 4) is 17.0 Å². The van der Waals surface area contributed by atoms with Crippen molar-refractivity contribution in [3.63, 3.8) is 0 Å². The topological polar surface area (TPSA) is 34.1 Å². The highest BCUT2D eigenvalue weighted by molar-refractivity contribution is 7.14. The summed E-state index contributed by atoms with van der Waals surface area (Å²) in [4.78, 5) is 4.58. The molecule has 0 radical (unpaired) electrons. The number of halogens is 3. The van der Waals surface area contributed by atoms with Crippen molar-refractivity contribution in [1.29, 1.82) is 0 Å². The first-order chi connectivity index (χ1) is 11.2. The lowest BCUT2D eigenvalue weighted by Crippen LogP contribution is -2.01. The number of thiazole rings is 1. The molecule has 0 aliphatic rings. The molecular formula is C17H15Cl3N2OS. The molecule has 0 saturated carbocycles. The van der Waals surface area contributed by atoms with E-state index < -0.39 is 0 Å². The first kappa shape index (κ1) is 18.9. The number of benzene rings is 2. The average molecular weight is 402 g/mol. The molecule has 3 nitrogen and oxygen atoms in total. The van der Waals surface area contributed by atoms with Gasteiger partial charge in [-0.1, -0.05) is 41.4 Å². The van der Waals surface area contributed by atoms with Crippen LogP contribution in [0.1, 0.15) is 5.56 Å². The zero-order valence-corrected chi connectivity index (χ0v) is 15.9. The molecule has 126 valence electrons. The number of hydrogen-bond acceptors (Lipinski definition) is 4. The summed E-state index contributed by atoms with van der Waals surface area (Å²) in [6.07, 6.45) is 0. The van der Waals surface area contributed by atoms with Gasteiger partial charge in [-0.2, -0.15) is 0 Å². The third-order valence-electron chi connectivity index (χ3n) is 3.33. The molecule has 0 unspecified atom stereocenters. The molecule has 0 atom stereocenters. The molecule has 2 aromatic carbocycles. The second-order valence-electron chi connectivity index (χ2n) is 4.83. The van der Waals surface area contributed by atoms with Crippen LogP contribution < -0.4 is 10.1 Å². The summed E-state index contributed by atoms with van der Waals surface area (Å²) < 4.78 is 5.35. The number of methoxy groups -OCH3 is 1. The van der Waals surface area contributed by atoms with Gasteiger partial charge in [-0.3, -0.25) is 0 Å². The van der Waals surface area contributed by atoms with Crippen molar-refractivity contribution in [2.24, 2.45) is 0 Å². The van der Waals surface area contributed by atoms with E-state index in [1.54, 1.807) is 13.2 Å². The fraction of sp³-hybridized carbons (Fsp3) is 0.118. The molecule has 0 amide bonds. The van der Waals surface area contributed by atoms with E-state index in [1.165, 1.54) is 11.3 Å². The van der Waals surface area contributed by atoms with E-state index in [2.05, 4.69) is 10.3 Å². The van der Waals surface area contributed by atoms with E-state index in [9.17, 15) is 0 Å². The van der Waals surface area contributed by atoms with Crippen molar-refractivity contribution in [1.82, 2.24) is 4.98 Å². The van der Waals surface area contributed by atoms with Crippen LogP contribution >= 0.6 is 46.9 Å². The quantitative estimate of drug-likeness (QED) is 0.556. The van der Waals surface area contributed by atoms with Crippen LogP contribution in [0.15, 0.2) is 47.8 Å². The van der Waals surface area contributed by atoms with E-state index in [0.29, 0.717) is 16.6 Å². The Morgan fingerprint density at radius 1 is 1.17 bits per heavy atom. The summed E-state index contributed by atoms with van der Waals surface area (Å²) in [7, 11) is 1.67. The Morgan fingerprint density at radius 2 is 1.96 bits per heavy atom. The number of rotatable bonds is 5. The Morgan fingerprint density at radius 3 is 2.71 bits per heavy atom. The maximum atomic E-state index is 6.23. The van der Waals surface area contributed by atoms with Gasteiger partial charge in [0, 0.05) is 28.1 Å². The minimum atomic E-state index is 0. The van der Waals surface area contributed by atoms with Gasteiger partial charge >= 0.3 is 0 Å². The Balaban J connectivity index is 0.00000208. The molecule has 0 fully saturated rings. The molecule has 0 spiro atoms. The van der Waals surface area contributed by atoms with Crippen LogP contribution in [0, 0.1) is 0 Å². The SMILES string of the molecule is COc1ccccc1CNc1nc(-c2ccc(Cl)cc2Cl)cs1.Cl. The number of nitrogens with one attached hydrogen (secondary N) is 1. The number of aromatic nitrogens is 1. The van der Waals surface area contributed by atoms with E-state index in [1.807, 2.05) is 41.8 Å². The lowest BCUT2D eigenvalue weighted by atomic mass is 10.2. The van der Waals surface area contributed by atoms with Gasteiger partial charge in [0.15, 0.2) is 5.13 Å². The van der Waals surface area contributed by atoms with Gasteiger partial charge < -0.3 is 10.1 Å². The van der Waals surface area contributed by atoms with Gasteiger partial charge in [0.2, 0.25) is 0 Å². The zero-order valence-electron chi connectivity index (χ0n) is 12.8. The van der Waals surface area contributed by atoms with Crippen LogP contribution in [-0.2, 0) is 6.54 Å². The molecule has 0 saturated heterocycles. The van der Waals surface area contributed by atoms with Gasteiger partial charge in [0.1, 0.15) is 5.75 Å². The fourth-order valence-electron chi connectivity index (χ4n) is 2.20. The largest absolute Gasteiger partial charge is 0.496 e. The number of hydrogen-bond donors (Lipinski definition) is 1. The predicted octanol–water partition coefficient (Wildman–Crippen LogP) is 6.16. The fourth-order valence-corrected chi connectivity index (χ4v) is 3.41. The summed E-state index contributed by atoms with van der Waals surface area (Å²) in [5.74, 6) is 0.859. The van der Waals surface area contributed by atoms with Gasteiger partial charge in [0.05, 0.1) is 17.8 Å². The molecule has 3 aromatic rings. The van der Waals surface area contributed by atoms with Crippen LogP contribution in [0.5, 0.6) is 5.75 Å². The van der Waals surface area contributed by atoms with Crippen molar-refractivity contribution in [3.05, 3.63) is 63.5 Å². The molecule has 1 heterocycles. The van der Waals surface area contributed by atoms with Crippen molar-refractivity contribution < 1.29 is 4.74 Å². The first-order valence-corrected chi connectivity index (χ1v) is 8.57. The molecule has 1 N–H and O–H groups in total. The lowest BCUT2D eigenvalue weighted by molar-refractivity contribution is 0.410. The van der Waals surface area contributed by atoms with Crippen molar-refractivity contribution in [2.45, 2.75) is 6.54 Å². The highest BCUT2D eigenvalue weighted by Crippen LogP contribution is 2.32. The second-order valence-corrected chi connectivity index (χ2v) is 6.53. The van der Waals surface area contributed by atoms with Gasteiger partial charge in [-0.15, -0.1) is 23.7 Å². The minimum Gasteiger partial charge on any atom is -0.496 e. The standard InChI is InChI=1S/C17H14Cl2N2OS.ClH/c1-22-16-5-3-2-4-11(16)9-20-17-21-15(10-23-17)13-7-6-12(18)8-14(13)19;/h2-8,10H,9H2,1H3,(H,20,21);1H. The van der Waals surface area contributed by atoms with E-state index in [0.717, 1.165) is 27.7 Å². The molecule has 3 rings (SSSR count). The summed E-state index contributed by atoms with van der Waals surface area (Å²) in [5, 5.41) is 7.33. The third-order valence-corrected chi connectivity index (χ3v) is 4.68. The van der Waals surface area contributed by atoms with E-state index in [-0.39, 0.29) is 12.4 Å². The number of nitrogens with zero attached hydrogens (tertiary/aromatic N) is 1. The molecule has 0 aliphatic carbocycles. The molecule has 7 heteroatoms. The van der Waals surface area contributed by atoms with E-state index in [4.69, 9.17) is 27.9 Å². The second kappa shape index (κ2) is 8.58. The summed E-state index contributed by atoms with van der Waals surface area (Å²) in [6, 6.07) is 13.3. The number of anilines is 1. The highest BCUT2D eigenvalue weighted by Gasteiger charge is 2.09. The summed E-state index contributed by atoms with van der Waals surface area (Å²) >= 11 is 13.7. The van der Waals surface area contributed by atoms with Crippen LogP contribution in [-0.4, -0.2) is 12.1 Å². The van der Waals surface area contributed by atoms with Crippen LogP contribution in [0.25, 0.3) is 11.3 Å². The maximum Gasteiger partial charge on any atom is 0.183 e. The van der Waals surface area contributed by atoms with Crippen molar-refractivity contribution >= 4 is 52.1 Å². The molecular weight excluding hydrogens is 387 g/mol. The van der Waals surface area contributed by atoms with Crippen molar-refractivity contribution in [2.75, 3.05) is 12.4 Å². The van der Waals surface area contributed by atoms with Gasteiger partial charge in [0.25, 0.3) is 0 Å². The monoisotopic (exact) mass is 400 g/mol. The van der Waals surface area contributed by atoms with E-state index >= 15 is 0 Å². The molecule has 24 heavy (non-hydrogen) atoms. The van der Waals surface area contributed by atoms with Gasteiger partial charge in [-0.05, 0) is 24.3 Å². The number of para-hydroxylation sites is 1. The van der Waals surface area contributed by atoms with Crippen LogP contribution in [0.2, 0.25) is 10.0 Å². The maximum absolute atomic E-state index is 6.23. The summed E-state index contributed by atoms with van der Waals surface area (Å²) in [5.41, 5.74) is 2.79.